The van der Waals surface area contributed by atoms with Gasteiger partial charge in [-0.25, -0.2) is 4.39 Å². The zero-order valence-electron chi connectivity index (χ0n) is 15.6. The van der Waals surface area contributed by atoms with Crippen LogP contribution in [0.25, 0.3) is 11.4 Å². The molecule has 0 aliphatic rings. The van der Waals surface area contributed by atoms with E-state index in [1.807, 2.05) is 31.2 Å². The molecule has 1 atom stereocenters. The summed E-state index contributed by atoms with van der Waals surface area (Å²) in [4.78, 5) is 12.4. The van der Waals surface area contributed by atoms with Crippen LogP contribution in [-0.2, 0) is 11.3 Å². The number of amides is 1. The molecule has 0 aliphatic carbocycles. The van der Waals surface area contributed by atoms with E-state index in [0.717, 1.165) is 11.3 Å². The second-order valence-corrected chi connectivity index (χ2v) is 6.71. The number of aromatic nitrogens is 3. The molecule has 0 saturated carbocycles. The Morgan fingerprint density at radius 2 is 2.07 bits per heavy atom. The number of methoxy groups -OCH3 is 1. The number of hydrogen-bond donors (Lipinski definition) is 2. The van der Waals surface area contributed by atoms with Crippen molar-refractivity contribution in [1.82, 2.24) is 20.1 Å². The lowest BCUT2D eigenvalue weighted by atomic mass is 10.1. The third kappa shape index (κ3) is 4.64. The lowest BCUT2D eigenvalue weighted by molar-refractivity contribution is -0.121. The Kier molecular flexibility index (Phi) is 6.20. The summed E-state index contributed by atoms with van der Waals surface area (Å²) >= 11 is 5.30. The largest absolute Gasteiger partial charge is 0.497 e. The maximum absolute atomic E-state index is 13.4. The van der Waals surface area contributed by atoms with E-state index in [4.69, 9.17) is 17.0 Å². The third-order valence-corrected chi connectivity index (χ3v) is 4.71. The first-order chi connectivity index (χ1) is 13.5. The minimum atomic E-state index is -0.326. The summed E-state index contributed by atoms with van der Waals surface area (Å²) < 4.78 is 20.7. The van der Waals surface area contributed by atoms with Crippen molar-refractivity contribution in [2.24, 2.45) is 0 Å². The summed E-state index contributed by atoms with van der Waals surface area (Å²) in [6.45, 7) is 2.19. The standard InChI is InChI=1S/C20H21FN4O2S/c1-13(15-4-3-5-16(21)12-15)22-18(26)10-11-25-19(23-24-20(25)28)14-6-8-17(27-2)9-7-14/h3-9,12-13H,10-11H2,1-2H3,(H,22,26)(H,24,28). The van der Waals surface area contributed by atoms with Gasteiger partial charge < -0.3 is 10.1 Å². The fourth-order valence-electron chi connectivity index (χ4n) is 2.87. The van der Waals surface area contributed by atoms with Crippen LogP contribution in [0.4, 0.5) is 4.39 Å². The minimum Gasteiger partial charge on any atom is -0.497 e. The molecule has 1 unspecified atom stereocenters. The van der Waals surface area contributed by atoms with Gasteiger partial charge in [-0.1, -0.05) is 12.1 Å². The van der Waals surface area contributed by atoms with Crippen molar-refractivity contribution in [2.75, 3.05) is 7.11 Å². The van der Waals surface area contributed by atoms with Crippen molar-refractivity contribution in [3.8, 4) is 17.1 Å². The van der Waals surface area contributed by atoms with E-state index in [-0.39, 0.29) is 24.2 Å². The molecule has 0 fully saturated rings. The number of carbonyl (C=O) groups is 1. The smallest absolute Gasteiger partial charge is 0.222 e. The number of aromatic amines is 1. The monoisotopic (exact) mass is 400 g/mol. The van der Waals surface area contributed by atoms with Gasteiger partial charge in [-0.3, -0.25) is 14.5 Å². The molecule has 3 rings (SSSR count). The summed E-state index contributed by atoms with van der Waals surface area (Å²) in [5.74, 6) is 0.918. The number of rotatable bonds is 7. The molecule has 0 spiro atoms. The van der Waals surface area contributed by atoms with E-state index in [1.54, 1.807) is 23.8 Å². The van der Waals surface area contributed by atoms with Gasteiger partial charge in [-0.15, -0.1) is 0 Å². The van der Waals surface area contributed by atoms with Crippen LogP contribution in [0.5, 0.6) is 5.75 Å². The van der Waals surface area contributed by atoms with E-state index < -0.39 is 0 Å². The van der Waals surface area contributed by atoms with Crippen LogP contribution < -0.4 is 10.1 Å². The van der Waals surface area contributed by atoms with Gasteiger partial charge in [0.25, 0.3) is 0 Å². The van der Waals surface area contributed by atoms with Crippen LogP contribution in [-0.4, -0.2) is 27.8 Å². The molecule has 28 heavy (non-hydrogen) atoms. The van der Waals surface area contributed by atoms with E-state index in [9.17, 15) is 9.18 Å². The van der Waals surface area contributed by atoms with Crippen molar-refractivity contribution in [1.29, 1.82) is 0 Å². The number of carbonyl (C=O) groups excluding carboxylic acids is 1. The first-order valence-corrected chi connectivity index (χ1v) is 9.23. The Morgan fingerprint density at radius 3 is 2.75 bits per heavy atom. The second kappa shape index (κ2) is 8.79. The molecule has 0 bridgehead atoms. The average Bonchev–Trinajstić information content (AvgIpc) is 3.07. The van der Waals surface area contributed by atoms with Crippen LogP contribution >= 0.6 is 12.2 Å². The van der Waals surface area contributed by atoms with E-state index >= 15 is 0 Å². The van der Waals surface area contributed by atoms with Crippen LogP contribution in [0.3, 0.4) is 0 Å². The third-order valence-electron chi connectivity index (χ3n) is 4.40. The van der Waals surface area contributed by atoms with Crippen LogP contribution in [0.1, 0.15) is 24.9 Å². The molecule has 0 aliphatic heterocycles. The Morgan fingerprint density at radius 1 is 1.32 bits per heavy atom. The SMILES string of the molecule is COc1ccc(-c2n[nH]c(=S)n2CCC(=O)NC(C)c2cccc(F)c2)cc1. The first kappa shape index (κ1) is 19.8. The highest BCUT2D eigenvalue weighted by molar-refractivity contribution is 7.71. The zero-order valence-corrected chi connectivity index (χ0v) is 16.4. The fraction of sp³-hybridized carbons (Fsp3) is 0.250. The molecular formula is C20H21FN4O2S. The number of ether oxygens (including phenoxy) is 1. The number of benzene rings is 2. The Hall–Kier alpha value is -3.00. The van der Waals surface area contributed by atoms with Crippen molar-refractivity contribution in [3.63, 3.8) is 0 Å². The predicted molar refractivity (Wildman–Crippen MR) is 107 cm³/mol. The molecule has 0 saturated heterocycles. The summed E-state index contributed by atoms with van der Waals surface area (Å²) in [6, 6.07) is 13.3. The minimum absolute atomic E-state index is 0.152. The quantitative estimate of drug-likeness (QED) is 0.588. The summed E-state index contributed by atoms with van der Waals surface area (Å²) in [5.41, 5.74) is 1.58. The number of halogens is 1. The Labute approximate surface area is 167 Å². The van der Waals surface area contributed by atoms with Crippen molar-refractivity contribution in [2.45, 2.75) is 25.9 Å². The highest BCUT2D eigenvalue weighted by atomic mass is 32.1. The number of H-pyrrole nitrogens is 1. The normalized spacial score (nSPS) is 11.8. The van der Waals surface area contributed by atoms with Crippen molar-refractivity contribution < 1.29 is 13.9 Å². The predicted octanol–water partition coefficient (Wildman–Crippen LogP) is 4.02. The summed E-state index contributed by atoms with van der Waals surface area (Å²) in [5, 5.41) is 9.92. The average molecular weight is 400 g/mol. The van der Waals surface area contributed by atoms with Crippen LogP contribution in [0.15, 0.2) is 48.5 Å². The molecule has 1 amide bonds. The molecule has 1 heterocycles. The molecular weight excluding hydrogens is 379 g/mol. The van der Waals surface area contributed by atoms with Gasteiger partial charge in [0, 0.05) is 18.5 Å². The maximum atomic E-state index is 13.4. The number of nitrogens with one attached hydrogen (secondary N) is 2. The summed E-state index contributed by atoms with van der Waals surface area (Å²) in [7, 11) is 1.61. The van der Waals surface area contributed by atoms with Gasteiger partial charge in [0.1, 0.15) is 11.6 Å². The fourth-order valence-corrected chi connectivity index (χ4v) is 3.10. The zero-order chi connectivity index (χ0) is 20.1. The second-order valence-electron chi connectivity index (χ2n) is 6.33. The number of hydrogen-bond acceptors (Lipinski definition) is 4. The topological polar surface area (TPSA) is 71.9 Å². The van der Waals surface area contributed by atoms with Crippen LogP contribution in [0.2, 0.25) is 0 Å². The summed E-state index contributed by atoms with van der Waals surface area (Å²) in [6.07, 6.45) is 0.219. The van der Waals surface area contributed by atoms with Crippen LogP contribution in [0, 0.1) is 10.6 Å². The Balaban J connectivity index is 1.66. The maximum Gasteiger partial charge on any atom is 0.222 e. The van der Waals surface area contributed by atoms with Gasteiger partial charge in [0.2, 0.25) is 5.91 Å². The molecule has 3 aromatic rings. The molecule has 2 aromatic carbocycles. The van der Waals surface area contributed by atoms with Gasteiger partial charge in [0.15, 0.2) is 10.6 Å². The lowest BCUT2D eigenvalue weighted by Crippen LogP contribution is -2.27. The van der Waals surface area contributed by atoms with Gasteiger partial charge in [-0.2, -0.15) is 5.10 Å². The number of nitrogens with zero attached hydrogens (tertiary/aromatic N) is 2. The first-order valence-electron chi connectivity index (χ1n) is 8.82. The van der Waals surface area contributed by atoms with E-state index in [0.29, 0.717) is 22.7 Å². The molecule has 1 aromatic heterocycles. The molecule has 6 nitrogen and oxygen atoms in total. The Bertz CT molecular complexity index is 1010. The molecule has 2 N–H and O–H groups in total. The van der Waals surface area contributed by atoms with Gasteiger partial charge in [-0.05, 0) is 61.1 Å². The molecule has 0 radical (unpaired) electrons. The highest BCUT2D eigenvalue weighted by Crippen LogP contribution is 2.21. The lowest BCUT2D eigenvalue weighted by Gasteiger charge is -2.15. The van der Waals surface area contributed by atoms with E-state index in [2.05, 4.69) is 15.5 Å². The molecule has 146 valence electrons. The molecule has 8 heteroatoms. The van der Waals surface area contributed by atoms with Gasteiger partial charge >= 0.3 is 0 Å². The van der Waals surface area contributed by atoms with Gasteiger partial charge in [0.05, 0.1) is 13.2 Å². The van der Waals surface area contributed by atoms with E-state index in [1.165, 1.54) is 12.1 Å². The van der Waals surface area contributed by atoms with Crippen molar-refractivity contribution in [3.05, 3.63) is 64.7 Å². The highest BCUT2D eigenvalue weighted by Gasteiger charge is 2.13. The van der Waals surface area contributed by atoms with Crippen molar-refractivity contribution >= 4 is 18.1 Å².